The van der Waals surface area contributed by atoms with E-state index in [2.05, 4.69) is 5.32 Å². The number of nitrogens with zero attached hydrogens (tertiary/aromatic N) is 3. The molecule has 1 N–H and O–H groups in total. The summed E-state index contributed by atoms with van der Waals surface area (Å²) in [5.74, 6) is -1.71. The molecule has 0 radical (unpaired) electrons. The first-order chi connectivity index (χ1) is 23.7. The van der Waals surface area contributed by atoms with Crippen LogP contribution >= 0.6 is 11.6 Å². The second kappa shape index (κ2) is 16.6. The van der Waals surface area contributed by atoms with Gasteiger partial charge in [0.25, 0.3) is 15.7 Å². The van der Waals surface area contributed by atoms with Gasteiger partial charge in [0.2, 0.25) is 11.8 Å². The molecule has 0 saturated carbocycles. The molecule has 0 saturated heterocycles. The number of nitrogens with one attached hydrogen (secondary N) is 1. The zero-order chi connectivity index (χ0) is 36.6. The van der Waals surface area contributed by atoms with E-state index in [4.69, 9.17) is 16.3 Å². The molecular formula is C36H38ClFN4O7S. The van der Waals surface area contributed by atoms with Crippen molar-refractivity contribution in [2.45, 2.75) is 57.1 Å². The minimum Gasteiger partial charge on any atom is -0.495 e. The number of carbonyl (C=O) groups excluding carboxylic acids is 2. The van der Waals surface area contributed by atoms with E-state index < -0.39 is 55.7 Å². The first-order valence-corrected chi connectivity index (χ1v) is 17.6. The number of sulfonamides is 1. The van der Waals surface area contributed by atoms with E-state index in [0.29, 0.717) is 12.0 Å². The van der Waals surface area contributed by atoms with Gasteiger partial charge in [0, 0.05) is 35.7 Å². The second-order valence-corrected chi connectivity index (χ2v) is 14.0. The van der Waals surface area contributed by atoms with Gasteiger partial charge >= 0.3 is 0 Å². The molecule has 0 aliphatic carbocycles. The maximum absolute atomic E-state index is 14.7. The summed E-state index contributed by atoms with van der Waals surface area (Å²) in [6, 6.07) is 20.7. The summed E-state index contributed by atoms with van der Waals surface area (Å²) >= 11 is 6.32. The molecule has 0 bridgehead atoms. The van der Waals surface area contributed by atoms with Crippen molar-refractivity contribution in [1.29, 1.82) is 0 Å². The van der Waals surface area contributed by atoms with Crippen LogP contribution in [-0.2, 0) is 32.6 Å². The summed E-state index contributed by atoms with van der Waals surface area (Å²) in [5.41, 5.74) is 0.915. The lowest BCUT2D eigenvalue weighted by molar-refractivity contribution is -0.385. The van der Waals surface area contributed by atoms with E-state index in [1.165, 1.54) is 73.5 Å². The van der Waals surface area contributed by atoms with Gasteiger partial charge in [-0.25, -0.2) is 12.8 Å². The maximum Gasteiger partial charge on any atom is 0.273 e. The Bertz CT molecular complexity index is 1950. The number of halogens is 2. The van der Waals surface area contributed by atoms with E-state index in [1.54, 1.807) is 12.1 Å². The largest absolute Gasteiger partial charge is 0.495 e. The first kappa shape index (κ1) is 37.8. The standard InChI is InChI=1S/C36H38ClFN4O7S/c1-5-25(3)39-36(44)33(19-26-9-7-6-8-10-26)40(22-27-12-15-29(38)16-13-27)35(43)23-41(32-20-28(37)14-18-34(32)49-4)50(47,48)30-17-11-24(2)31(21-30)42(45)46/h6-18,20-21,25,33H,5,19,22-23H2,1-4H3,(H,39,44)/t25-,33-/m1/s1. The molecule has 0 aliphatic rings. The van der Waals surface area contributed by atoms with Crippen LogP contribution in [0.4, 0.5) is 15.8 Å². The topological polar surface area (TPSA) is 139 Å². The van der Waals surface area contributed by atoms with Crippen molar-refractivity contribution >= 4 is 44.8 Å². The number of carbonyl (C=O) groups is 2. The van der Waals surface area contributed by atoms with E-state index in [-0.39, 0.29) is 41.0 Å². The molecule has 264 valence electrons. The number of nitro groups is 1. The molecule has 0 aromatic heterocycles. The molecule has 0 aliphatic heterocycles. The normalized spacial score (nSPS) is 12.4. The van der Waals surface area contributed by atoms with Gasteiger partial charge in [0.1, 0.15) is 24.2 Å². The molecule has 0 unspecified atom stereocenters. The zero-order valence-corrected chi connectivity index (χ0v) is 29.6. The Morgan fingerprint density at radius 3 is 2.30 bits per heavy atom. The molecule has 0 spiro atoms. The van der Waals surface area contributed by atoms with Gasteiger partial charge in [0.15, 0.2) is 0 Å². The van der Waals surface area contributed by atoms with Crippen LogP contribution in [-0.4, -0.2) is 55.8 Å². The summed E-state index contributed by atoms with van der Waals surface area (Å²) in [4.78, 5) is 40.5. The van der Waals surface area contributed by atoms with Gasteiger partial charge in [-0.2, -0.15) is 0 Å². The fraction of sp³-hybridized carbons (Fsp3) is 0.278. The van der Waals surface area contributed by atoms with Gasteiger partial charge in [0.05, 0.1) is 22.6 Å². The lowest BCUT2D eigenvalue weighted by Gasteiger charge is -2.34. The third-order valence-corrected chi connectivity index (χ3v) is 10.2. The highest BCUT2D eigenvalue weighted by atomic mass is 35.5. The summed E-state index contributed by atoms with van der Waals surface area (Å²) in [6.07, 6.45) is 0.687. The quantitative estimate of drug-likeness (QED) is 0.110. The monoisotopic (exact) mass is 724 g/mol. The highest BCUT2D eigenvalue weighted by molar-refractivity contribution is 7.92. The average molecular weight is 725 g/mol. The van der Waals surface area contributed by atoms with E-state index in [1.807, 2.05) is 32.0 Å². The zero-order valence-electron chi connectivity index (χ0n) is 28.0. The third-order valence-electron chi connectivity index (χ3n) is 8.19. The summed E-state index contributed by atoms with van der Waals surface area (Å²) in [7, 11) is -3.41. The Hall–Kier alpha value is -5.01. The van der Waals surface area contributed by atoms with E-state index in [0.717, 1.165) is 15.9 Å². The van der Waals surface area contributed by atoms with Gasteiger partial charge in [-0.15, -0.1) is 0 Å². The van der Waals surface area contributed by atoms with Crippen molar-refractivity contribution < 1.29 is 32.1 Å². The van der Waals surface area contributed by atoms with Crippen molar-refractivity contribution in [3.05, 3.63) is 129 Å². The van der Waals surface area contributed by atoms with Crippen LogP contribution in [0.1, 0.15) is 37.0 Å². The van der Waals surface area contributed by atoms with Crippen molar-refractivity contribution in [3.63, 3.8) is 0 Å². The van der Waals surface area contributed by atoms with Crippen LogP contribution in [0, 0.1) is 22.9 Å². The fourth-order valence-corrected chi connectivity index (χ4v) is 6.83. The van der Waals surface area contributed by atoms with Crippen LogP contribution in [0.5, 0.6) is 5.75 Å². The Labute approximate surface area is 295 Å². The molecule has 50 heavy (non-hydrogen) atoms. The Morgan fingerprint density at radius 1 is 1.00 bits per heavy atom. The van der Waals surface area contributed by atoms with Crippen LogP contribution in [0.3, 0.4) is 0 Å². The number of benzene rings is 4. The first-order valence-electron chi connectivity index (χ1n) is 15.7. The maximum atomic E-state index is 14.7. The van der Waals surface area contributed by atoms with Crippen LogP contribution in [0.2, 0.25) is 5.02 Å². The summed E-state index contributed by atoms with van der Waals surface area (Å²) in [6.45, 7) is 4.16. The highest BCUT2D eigenvalue weighted by Gasteiger charge is 2.36. The molecule has 0 fully saturated rings. The molecule has 4 rings (SSSR count). The van der Waals surface area contributed by atoms with Gasteiger partial charge in [-0.05, 0) is 67.8 Å². The van der Waals surface area contributed by atoms with Crippen molar-refractivity contribution in [2.24, 2.45) is 0 Å². The summed E-state index contributed by atoms with van der Waals surface area (Å²) in [5, 5.41) is 14.8. The number of aryl methyl sites for hydroxylation is 1. The van der Waals surface area contributed by atoms with Crippen molar-refractivity contribution in [1.82, 2.24) is 10.2 Å². The number of rotatable bonds is 15. The third kappa shape index (κ3) is 9.16. The lowest BCUT2D eigenvalue weighted by Crippen LogP contribution is -2.54. The number of anilines is 1. The van der Waals surface area contributed by atoms with Crippen LogP contribution in [0.15, 0.2) is 95.9 Å². The Balaban J connectivity index is 1.89. The Kier molecular flexibility index (Phi) is 12.5. The molecule has 2 atom stereocenters. The second-order valence-electron chi connectivity index (χ2n) is 11.7. The van der Waals surface area contributed by atoms with E-state index in [9.17, 15) is 32.5 Å². The molecule has 14 heteroatoms. The number of hydrogen-bond acceptors (Lipinski definition) is 7. The highest BCUT2D eigenvalue weighted by Crippen LogP contribution is 2.36. The van der Waals surface area contributed by atoms with Crippen LogP contribution in [0.25, 0.3) is 0 Å². The predicted molar refractivity (Wildman–Crippen MR) is 189 cm³/mol. The number of ether oxygens (including phenoxy) is 1. The van der Waals surface area contributed by atoms with Gasteiger partial charge in [-0.3, -0.25) is 24.0 Å². The predicted octanol–water partition coefficient (Wildman–Crippen LogP) is 6.45. The fourth-order valence-electron chi connectivity index (χ4n) is 5.23. The number of amides is 2. The molecule has 0 heterocycles. The molecule has 4 aromatic rings. The number of hydrogen-bond donors (Lipinski definition) is 1. The molecule has 11 nitrogen and oxygen atoms in total. The lowest BCUT2D eigenvalue weighted by atomic mass is 10.0. The smallest absolute Gasteiger partial charge is 0.273 e. The SMILES string of the molecule is CC[C@@H](C)NC(=O)[C@@H](Cc1ccccc1)N(Cc1ccc(F)cc1)C(=O)CN(c1cc(Cl)ccc1OC)S(=O)(=O)c1ccc(C)c([N+](=O)[O-])c1. The summed E-state index contributed by atoms with van der Waals surface area (Å²) < 4.78 is 49.0. The van der Waals surface area contributed by atoms with Crippen molar-refractivity contribution in [2.75, 3.05) is 18.0 Å². The number of nitro benzene ring substituents is 1. The average Bonchev–Trinajstić information content (AvgIpc) is 3.09. The minimum atomic E-state index is -4.72. The molecule has 2 amide bonds. The molecular weight excluding hydrogens is 687 g/mol. The van der Waals surface area contributed by atoms with Gasteiger partial charge < -0.3 is 15.0 Å². The van der Waals surface area contributed by atoms with Crippen molar-refractivity contribution in [3.8, 4) is 5.75 Å². The van der Waals surface area contributed by atoms with E-state index >= 15 is 0 Å². The van der Waals surface area contributed by atoms with Crippen LogP contribution < -0.4 is 14.4 Å². The minimum absolute atomic E-state index is 0.0489. The Morgan fingerprint density at radius 2 is 1.68 bits per heavy atom. The number of methoxy groups -OCH3 is 1. The van der Waals surface area contributed by atoms with Gasteiger partial charge in [-0.1, -0.05) is 67.1 Å². The molecule has 4 aromatic carbocycles.